The maximum atomic E-state index is 6.05. The Bertz CT molecular complexity index is 396. The Morgan fingerprint density at radius 3 is 2.75 bits per heavy atom. The zero-order valence-corrected chi connectivity index (χ0v) is 13.4. The summed E-state index contributed by atoms with van der Waals surface area (Å²) in [6.07, 6.45) is 1.24. The molecule has 1 aliphatic heterocycles. The maximum absolute atomic E-state index is 6.05. The zero-order chi connectivity index (χ0) is 14.4. The molecule has 2 atom stereocenters. The van der Waals surface area contributed by atoms with Gasteiger partial charge < -0.3 is 10.5 Å². The number of nitrogens with two attached hydrogens (primary N) is 1. The van der Waals surface area contributed by atoms with Gasteiger partial charge >= 0.3 is 0 Å². The molecular weight excluding hydrogens is 268 g/mol. The van der Waals surface area contributed by atoms with E-state index in [0.29, 0.717) is 19.2 Å². The van der Waals surface area contributed by atoms with E-state index in [1.165, 1.54) is 23.3 Å². The number of benzene rings is 1. The van der Waals surface area contributed by atoms with E-state index in [-0.39, 0.29) is 0 Å². The molecule has 0 bridgehead atoms. The summed E-state index contributed by atoms with van der Waals surface area (Å²) in [5, 5.41) is 0.755. The molecule has 4 heteroatoms. The Kier molecular flexibility index (Phi) is 6.36. The topological polar surface area (TPSA) is 38.5 Å². The van der Waals surface area contributed by atoms with E-state index in [1.54, 1.807) is 7.11 Å². The van der Waals surface area contributed by atoms with Crippen LogP contribution in [0, 0.1) is 0 Å². The van der Waals surface area contributed by atoms with Crippen LogP contribution in [0.5, 0.6) is 0 Å². The second-order valence-corrected chi connectivity index (χ2v) is 6.73. The van der Waals surface area contributed by atoms with Crippen molar-refractivity contribution in [2.45, 2.75) is 31.2 Å². The zero-order valence-electron chi connectivity index (χ0n) is 12.5. The van der Waals surface area contributed by atoms with Crippen molar-refractivity contribution in [3.8, 4) is 0 Å². The van der Waals surface area contributed by atoms with Crippen molar-refractivity contribution in [3.63, 3.8) is 0 Å². The van der Waals surface area contributed by atoms with Crippen LogP contribution < -0.4 is 5.73 Å². The number of rotatable bonds is 6. The molecule has 112 valence electrons. The van der Waals surface area contributed by atoms with Gasteiger partial charge in [0.2, 0.25) is 0 Å². The smallest absolute Gasteiger partial charge is 0.0713 e. The standard InChI is InChI=1S/C16H26N2OS/c1-3-15-11-18(8-9-20-15)16(10-17)14-6-4-13(5-7-14)12-19-2/h4-7,15-16H,3,8-12,17H2,1-2H3. The highest BCUT2D eigenvalue weighted by Gasteiger charge is 2.25. The molecule has 2 N–H and O–H groups in total. The molecule has 1 heterocycles. The summed E-state index contributed by atoms with van der Waals surface area (Å²) < 4.78 is 5.16. The minimum Gasteiger partial charge on any atom is -0.380 e. The molecule has 0 saturated carbocycles. The van der Waals surface area contributed by atoms with Gasteiger partial charge in [0.15, 0.2) is 0 Å². The highest BCUT2D eigenvalue weighted by atomic mass is 32.2. The molecule has 1 aromatic rings. The van der Waals surface area contributed by atoms with E-state index in [9.17, 15) is 0 Å². The van der Waals surface area contributed by atoms with Gasteiger partial charge in [-0.25, -0.2) is 0 Å². The molecule has 0 amide bonds. The van der Waals surface area contributed by atoms with E-state index < -0.39 is 0 Å². The van der Waals surface area contributed by atoms with Gasteiger partial charge in [0.05, 0.1) is 6.61 Å². The maximum Gasteiger partial charge on any atom is 0.0713 e. The average molecular weight is 294 g/mol. The normalized spacial score (nSPS) is 21.9. The fourth-order valence-corrected chi connectivity index (χ4v) is 3.98. The van der Waals surface area contributed by atoms with Gasteiger partial charge in [0, 0.05) is 43.8 Å². The Hall–Kier alpha value is -0.550. The van der Waals surface area contributed by atoms with Crippen LogP contribution in [0.15, 0.2) is 24.3 Å². The first kappa shape index (κ1) is 15.8. The predicted molar refractivity (Wildman–Crippen MR) is 87.1 cm³/mol. The van der Waals surface area contributed by atoms with E-state index in [1.807, 2.05) is 0 Å². The molecule has 2 rings (SSSR count). The lowest BCUT2D eigenvalue weighted by Gasteiger charge is -2.37. The summed E-state index contributed by atoms with van der Waals surface area (Å²) in [7, 11) is 1.73. The monoisotopic (exact) mass is 294 g/mol. The molecule has 1 aromatic carbocycles. The quantitative estimate of drug-likeness (QED) is 0.875. The summed E-state index contributed by atoms with van der Waals surface area (Å²) in [6.45, 7) is 5.93. The van der Waals surface area contributed by atoms with Gasteiger partial charge in [-0.15, -0.1) is 0 Å². The van der Waals surface area contributed by atoms with Crippen LogP contribution in [0.1, 0.15) is 30.5 Å². The number of methoxy groups -OCH3 is 1. The van der Waals surface area contributed by atoms with E-state index >= 15 is 0 Å². The molecule has 1 saturated heterocycles. The minimum atomic E-state index is 0.349. The average Bonchev–Trinajstić information content (AvgIpc) is 2.50. The lowest BCUT2D eigenvalue weighted by Crippen LogP contribution is -2.42. The number of hydrogen-bond acceptors (Lipinski definition) is 4. The lowest BCUT2D eigenvalue weighted by molar-refractivity contribution is 0.184. The molecule has 3 nitrogen and oxygen atoms in total. The van der Waals surface area contributed by atoms with Crippen LogP contribution in [-0.2, 0) is 11.3 Å². The number of nitrogens with zero attached hydrogens (tertiary/aromatic N) is 1. The van der Waals surface area contributed by atoms with Crippen molar-refractivity contribution in [2.24, 2.45) is 5.73 Å². The summed E-state index contributed by atoms with van der Waals surface area (Å²) >= 11 is 2.10. The SMILES string of the molecule is CCC1CN(C(CN)c2ccc(COC)cc2)CCS1. The molecule has 1 fully saturated rings. The number of ether oxygens (including phenoxy) is 1. The van der Waals surface area contributed by atoms with Crippen LogP contribution in [0.3, 0.4) is 0 Å². The molecule has 1 aliphatic rings. The van der Waals surface area contributed by atoms with E-state index in [2.05, 4.69) is 47.9 Å². The van der Waals surface area contributed by atoms with Gasteiger partial charge in [0.25, 0.3) is 0 Å². The van der Waals surface area contributed by atoms with Crippen molar-refractivity contribution >= 4 is 11.8 Å². The van der Waals surface area contributed by atoms with Crippen molar-refractivity contribution < 1.29 is 4.74 Å². The van der Waals surface area contributed by atoms with E-state index in [4.69, 9.17) is 10.5 Å². The summed E-state index contributed by atoms with van der Waals surface area (Å²) in [5.74, 6) is 1.22. The van der Waals surface area contributed by atoms with Crippen molar-refractivity contribution in [3.05, 3.63) is 35.4 Å². The second kappa shape index (κ2) is 8.03. The molecule has 20 heavy (non-hydrogen) atoms. The van der Waals surface area contributed by atoms with Crippen molar-refractivity contribution in [1.29, 1.82) is 0 Å². The molecule has 0 radical (unpaired) electrons. The van der Waals surface area contributed by atoms with Gasteiger partial charge in [0.1, 0.15) is 0 Å². The molecular formula is C16H26N2OS. The summed E-state index contributed by atoms with van der Waals surface area (Å²) in [6, 6.07) is 9.06. The third-order valence-corrected chi connectivity index (χ3v) is 5.34. The predicted octanol–water partition coefficient (Wildman–Crippen LogP) is 2.66. The fourth-order valence-electron chi connectivity index (χ4n) is 2.77. The Balaban J connectivity index is 2.06. The fraction of sp³-hybridized carbons (Fsp3) is 0.625. The molecule has 0 spiro atoms. The first-order valence-electron chi connectivity index (χ1n) is 7.42. The van der Waals surface area contributed by atoms with Gasteiger partial charge in [-0.2, -0.15) is 11.8 Å². The van der Waals surface area contributed by atoms with Crippen molar-refractivity contribution in [1.82, 2.24) is 4.90 Å². The van der Waals surface area contributed by atoms with Crippen LogP contribution in [0.4, 0.5) is 0 Å². The second-order valence-electron chi connectivity index (χ2n) is 5.32. The summed E-state index contributed by atoms with van der Waals surface area (Å²) in [5.41, 5.74) is 8.59. The Morgan fingerprint density at radius 1 is 1.40 bits per heavy atom. The number of thioether (sulfide) groups is 1. The lowest BCUT2D eigenvalue weighted by atomic mass is 10.0. The largest absolute Gasteiger partial charge is 0.380 e. The molecule has 0 aromatic heterocycles. The van der Waals surface area contributed by atoms with Gasteiger partial charge in [-0.3, -0.25) is 4.90 Å². The minimum absolute atomic E-state index is 0.349. The molecule has 2 unspecified atom stereocenters. The molecule has 0 aliphatic carbocycles. The van der Waals surface area contributed by atoms with Crippen molar-refractivity contribution in [2.75, 3.05) is 32.5 Å². The summed E-state index contributed by atoms with van der Waals surface area (Å²) in [4.78, 5) is 2.55. The van der Waals surface area contributed by atoms with Crippen LogP contribution in [0.25, 0.3) is 0 Å². The Labute approximate surface area is 126 Å². The van der Waals surface area contributed by atoms with Crippen LogP contribution in [0.2, 0.25) is 0 Å². The highest BCUT2D eigenvalue weighted by molar-refractivity contribution is 8.00. The van der Waals surface area contributed by atoms with Crippen LogP contribution in [-0.4, -0.2) is 42.6 Å². The third kappa shape index (κ3) is 3.98. The van der Waals surface area contributed by atoms with E-state index in [0.717, 1.165) is 18.3 Å². The van der Waals surface area contributed by atoms with Gasteiger partial charge in [-0.1, -0.05) is 31.2 Å². The third-order valence-electron chi connectivity index (χ3n) is 3.97. The highest BCUT2D eigenvalue weighted by Crippen LogP contribution is 2.28. The first-order valence-corrected chi connectivity index (χ1v) is 8.46. The number of hydrogen-bond donors (Lipinski definition) is 1. The Morgan fingerprint density at radius 2 is 2.15 bits per heavy atom. The first-order chi connectivity index (χ1) is 9.78. The van der Waals surface area contributed by atoms with Gasteiger partial charge in [-0.05, 0) is 17.5 Å². The van der Waals surface area contributed by atoms with Crippen LogP contribution >= 0.6 is 11.8 Å².